The zero-order chi connectivity index (χ0) is 29.1. The summed E-state index contributed by atoms with van der Waals surface area (Å²) in [5.74, 6) is -0.941. The molecule has 0 radical (unpaired) electrons. The number of Topliss-reactive ketones (excluding diaryl/α,β-unsaturated/α-hetero) is 1. The van der Waals surface area contributed by atoms with Gasteiger partial charge in [-0.15, -0.1) is 0 Å². The van der Waals surface area contributed by atoms with Gasteiger partial charge in [0.2, 0.25) is 10.0 Å². The number of hydrogen-bond acceptors (Lipinski definition) is 7. The van der Waals surface area contributed by atoms with Crippen molar-refractivity contribution in [1.29, 1.82) is 0 Å². The minimum Gasteiger partial charge on any atom is -0.507 e. The van der Waals surface area contributed by atoms with Crippen molar-refractivity contribution in [2.45, 2.75) is 17.5 Å². The molecule has 1 N–H and O–H groups in total. The maximum absolute atomic E-state index is 13.4. The van der Waals surface area contributed by atoms with E-state index in [1.807, 2.05) is 18.2 Å². The molecule has 0 saturated carbocycles. The Morgan fingerprint density at radius 2 is 1.63 bits per heavy atom. The largest absolute Gasteiger partial charge is 0.507 e. The van der Waals surface area contributed by atoms with Gasteiger partial charge in [-0.3, -0.25) is 14.6 Å². The predicted molar refractivity (Wildman–Crippen MR) is 152 cm³/mol. The summed E-state index contributed by atoms with van der Waals surface area (Å²) < 4.78 is 32.1. The molecule has 10 heteroatoms. The number of aliphatic hydroxyl groups excluding tert-OH is 1. The molecule has 1 aromatic heterocycles. The normalized spacial score (nSPS) is 16.8. The van der Waals surface area contributed by atoms with Crippen LogP contribution in [0.4, 0.5) is 0 Å². The number of likely N-dealkylation sites (tertiary alicyclic amines) is 1. The van der Waals surface area contributed by atoms with E-state index < -0.39 is 33.5 Å². The van der Waals surface area contributed by atoms with Crippen LogP contribution in [0.15, 0.2) is 114 Å². The van der Waals surface area contributed by atoms with Crippen LogP contribution < -0.4 is 4.74 Å². The molecule has 41 heavy (non-hydrogen) atoms. The number of pyridine rings is 1. The van der Waals surface area contributed by atoms with Gasteiger partial charge in [-0.1, -0.05) is 36.4 Å². The number of hydrogen-bond donors (Lipinski definition) is 1. The number of aliphatic hydroxyl groups is 1. The Balaban J connectivity index is 1.60. The third kappa shape index (κ3) is 5.60. The molecule has 0 spiro atoms. The predicted octanol–water partition coefficient (Wildman–Crippen LogP) is 4.75. The highest BCUT2D eigenvalue weighted by atomic mass is 32.2. The lowest BCUT2D eigenvalue weighted by molar-refractivity contribution is -0.140. The molecule has 4 aromatic rings. The van der Waals surface area contributed by atoms with Crippen molar-refractivity contribution in [1.82, 2.24) is 14.2 Å². The fourth-order valence-corrected chi connectivity index (χ4v) is 5.50. The van der Waals surface area contributed by atoms with Gasteiger partial charge in [0.15, 0.2) is 0 Å². The van der Waals surface area contributed by atoms with Crippen LogP contribution in [0.25, 0.3) is 5.76 Å². The first-order chi connectivity index (χ1) is 19.7. The van der Waals surface area contributed by atoms with Gasteiger partial charge in [0.1, 0.15) is 17.3 Å². The quantitative estimate of drug-likeness (QED) is 0.185. The second kappa shape index (κ2) is 11.4. The first kappa shape index (κ1) is 27.8. The Bertz CT molecular complexity index is 1720. The van der Waals surface area contributed by atoms with E-state index in [-0.39, 0.29) is 22.6 Å². The molecule has 1 aliphatic heterocycles. The molecule has 3 aromatic carbocycles. The molecule has 1 atom stereocenters. The highest BCUT2D eigenvalue weighted by molar-refractivity contribution is 7.89. The summed E-state index contributed by atoms with van der Waals surface area (Å²) in [4.78, 5) is 32.3. The van der Waals surface area contributed by atoms with Crippen molar-refractivity contribution in [3.8, 4) is 11.5 Å². The summed E-state index contributed by atoms with van der Waals surface area (Å²) in [7, 11) is -0.861. The second-order valence-corrected chi connectivity index (χ2v) is 11.7. The molecule has 208 valence electrons. The number of ether oxygens (including phenoxy) is 1. The van der Waals surface area contributed by atoms with Gasteiger partial charge < -0.3 is 14.7 Å². The van der Waals surface area contributed by atoms with E-state index in [4.69, 9.17) is 4.74 Å². The number of para-hydroxylation sites is 1. The summed E-state index contributed by atoms with van der Waals surface area (Å²) >= 11 is 0. The zero-order valence-electron chi connectivity index (χ0n) is 22.3. The fourth-order valence-electron chi connectivity index (χ4n) is 4.60. The minimum absolute atomic E-state index is 0.0263. The Morgan fingerprint density at radius 1 is 0.927 bits per heavy atom. The number of amides is 1. The standard InChI is InChI=1S/C31H27N3O6S/c1-33(2)41(38,39)26-15-13-22(14-16-26)29(35)27-28(34(31(37)30(27)36)20-21-8-7-17-32-19-21)23-9-6-12-25(18-23)40-24-10-4-3-5-11-24/h3-19,28,35H,20H2,1-2H3/t28-/m0/s1. The first-order valence-electron chi connectivity index (χ1n) is 12.7. The average molecular weight is 570 g/mol. The molecule has 9 nitrogen and oxygen atoms in total. The number of nitrogens with zero attached hydrogens (tertiary/aromatic N) is 3. The average Bonchev–Trinajstić information content (AvgIpc) is 3.23. The monoisotopic (exact) mass is 569 g/mol. The number of carbonyl (C=O) groups excluding carboxylic acids is 2. The zero-order valence-corrected chi connectivity index (χ0v) is 23.2. The molecule has 0 bridgehead atoms. The van der Waals surface area contributed by atoms with Gasteiger partial charge in [-0.25, -0.2) is 12.7 Å². The number of aromatic nitrogens is 1. The van der Waals surface area contributed by atoms with Crippen molar-refractivity contribution in [3.63, 3.8) is 0 Å². The van der Waals surface area contributed by atoms with Crippen molar-refractivity contribution in [2.24, 2.45) is 0 Å². The molecule has 5 rings (SSSR count). The van der Waals surface area contributed by atoms with Crippen molar-refractivity contribution in [2.75, 3.05) is 14.1 Å². The van der Waals surface area contributed by atoms with Gasteiger partial charge >= 0.3 is 0 Å². The van der Waals surface area contributed by atoms with Crippen LogP contribution in [0.1, 0.15) is 22.7 Å². The SMILES string of the molecule is CN(C)S(=O)(=O)c1ccc(C(O)=C2C(=O)C(=O)N(Cc3cccnc3)[C@H]2c2cccc(Oc3ccccc3)c2)cc1. The van der Waals surface area contributed by atoms with Crippen LogP contribution in [0.3, 0.4) is 0 Å². The van der Waals surface area contributed by atoms with Gasteiger partial charge in [-0.2, -0.15) is 0 Å². The molecule has 1 amide bonds. The number of benzene rings is 3. The maximum Gasteiger partial charge on any atom is 0.295 e. The molecule has 2 heterocycles. The van der Waals surface area contributed by atoms with E-state index in [0.717, 1.165) is 4.31 Å². The number of ketones is 1. The number of carbonyl (C=O) groups is 2. The molecular formula is C31H27N3O6S. The third-order valence-corrected chi connectivity index (χ3v) is 8.50. The summed E-state index contributed by atoms with van der Waals surface area (Å²) in [6.07, 6.45) is 3.22. The second-order valence-electron chi connectivity index (χ2n) is 9.59. The topological polar surface area (TPSA) is 117 Å². The molecule has 1 saturated heterocycles. The van der Waals surface area contributed by atoms with Gasteiger partial charge in [0, 0.05) is 38.6 Å². The van der Waals surface area contributed by atoms with Crippen LogP contribution in [0, 0.1) is 0 Å². The number of rotatable bonds is 8. The van der Waals surface area contributed by atoms with Crippen LogP contribution in [0.5, 0.6) is 11.5 Å². The van der Waals surface area contributed by atoms with Crippen LogP contribution in [-0.4, -0.2) is 53.5 Å². The lowest BCUT2D eigenvalue weighted by atomic mass is 9.95. The lowest BCUT2D eigenvalue weighted by Gasteiger charge is -2.25. The smallest absolute Gasteiger partial charge is 0.295 e. The fraction of sp³-hybridized carbons (Fsp3) is 0.129. The summed E-state index contributed by atoms with van der Waals surface area (Å²) in [5, 5.41) is 11.4. The van der Waals surface area contributed by atoms with E-state index in [1.54, 1.807) is 60.9 Å². The first-order valence-corrected chi connectivity index (χ1v) is 14.1. The molecular weight excluding hydrogens is 542 g/mol. The maximum atomic E-state index is 13.4. The summed E-state index contributed by atoms with van der Waals surface area (Å²) in [6, 6.07) is 24.3. The Kier molecular flexibility index (Phi) is 7.69. The van der Waals surface area contributed by atoms with Crippen LogP contribution in [0.2, 0.25) is 0 Å². The third-order valence-electron chi connectivity index (χ3n) is 6.67. The Morgan fingerprint density at radius 3 is 2.29 bits per heavy atom. The Hall–Kier alpha value is -4.80. The van der Waals surface area contributed by atoms with Crippen molar-refractivity contribution >= 4 is 27.5 Å². The number of sulfonamides is 1. The van der Waals surface area contributed by atoms with Crippen LogP contribution >= 0.6 is 0 Å². The molecule has 0 unspecified atom stereocenters. The molecule has 1 fully saturated rings. The molecule has 0 aliphatic carbocycles. The Labute approximate surface area is 238 Å². The highest BCUT2D eigenvalue weighted by Gasteiger charge is 2.46. The van der Waals surface area contributed by atoms with Gasteiger partial charge in [-0.05, 0) is 65.7 Å². The van der Waals surface area contributed by atoms with Crippen molar-refractivity contribution < 1.29 is 27.9 Å². The summed E-state index contributed by atoms with van der Waals surface area (Å²) in [6.45, 7) is 0.0731. The van der Waals surface area contributed by atoms with E-state index in [1.165, 1.54) is 43.3 Å². The van der Waals surface area contributed by atoms with Crippen molar-refractivity contribution in [3.05, 3.63) is 126 Å². The van der Waals surface area contributed by atoms with E-state index in [2.05, 4.69) is 4.98 Å². The van der Waals surface area contributed by atoms with E-state index in [9.17, 15) is 23.1 Å². The van der Waals surface area contributed by atoms with E-state index >= 15 is 0 Å². The minimum atomic E-state index is -3.70. The van der Waals surface area contributed by atoms with Gasteiger partial charge in [0.25, 0.3) is 11.7 Å². The highest BCUT2D eigenvalue weighted by Crippen LogP contribution is 2.41. The van der Waals surface area contributed by atoms with E-state index in [0.29, 0.717) is 22.6 Å². The van der Waals surface area contributed by atoms with Crippen LogP contribution in [-0.2, 0) is 26.2 Å². The molecule has 1 aliphatic rings. The van der Waals surface area contributed by atoms with Gasteiger partial charge in [0.05, 0.1) is 16.5 Å². The summed E-state index contributed by atoms with van der Waals surface area (Å²) in [5.41, 5.74) is 1.34. The lowest BCUT2D eigenvalue weighted by Crippen LogP contribution is -2.29.